The second-order valence-electron chi connectivity index (χ2n) is 6.22. The van der Waals surface area contributed by atoms with Crippen LogP contribution in [0.5, 0.6) is 0 Å². The van der Waals surface area contributed by atoms with Gasteiger partial charge in [0.25, 0.3) is 0 Å². The van der Waals surface area contributed by atoms with Crippen molar-refractivity contribution in [3.8, 4) is 17.3 Å². The Hall–Kier alpha value is -2.68. The molecule has 120 valence electrons. The number of rotatable bonds is 4. The summed E-state index contributed by atoms with van der Waals surface area (Å²) in [5.74, 6) is 0. The lowest BCUT2D eigenvalue weighted by Crippen LogP contribution is -2.49. The number of benzene rings is 1. The molecule has 1 aliphatic rings. The lowest BCUT2D eigenvalue weighted by atomic mass is 10.0. The Balaban J connectivity index is 1.74. The highest BCUT2D eigenvalue weighted by atomic mass is 16.3. The number of likely N-dealkylation sites (tertiary alicyclic amines) is 1. The second kappa shape index (κ2) is 6.08. The number of nitriles is 1. The summed E-state index contributed by atoms with van der Waals surface area (Å²) < 4.78 is 2.04. The Labute approximate surface area is 140 Å². The van der Waals surface area contributed by atoms with Crippen LogP contribution in [0.2, 0.25) is 0 Å². The maximum Gasteiger partial charge on any atom is 0.137 e. The van der Waals surface area contributed by atoms with Gasteiger partial charge in [0.2, 0.25) is 0 Å². The number of aliphatic hydroxyl groups excluding tert-OH is 1. The van der Waals surface area contributed by atoms with E-state index in [9.17, 15) is 5.11 Å². The van der Waals surface area contributed by atoms with Crippen molar-refractivity contribution in [2.45, 2.75) is 19.1 Å². The number of fused-ring (bicyclic) bond motifs is 1. The summed E-state index contributed by atoms with van der Waals surface area (Å²) in [7, 11) is 0. The summed E-state index contributed by atoms with van der Waals surface area (Å²) >= 11 is 0. The molecular formula is C19H18N4O. The largest absolute Gasteiger partial charge is 0.390 e. The third-order valence-electron chi connectivity index (χ3n) is 4.39. The van der Waals surface area contributed by atoms with Gasteiger partial charge in [0.15, 0.2) is 0 Å². The predicted molar refractivity (Wildman–Crippen MR) is 91.2 cm³/mol. The normalized spacial score (nSPS) is 15.3. The molecule has 0 unspecified atom stereocenters. The van der Waals surface area contributed by atoms with Crippen LogP contribution >= 0.6 is 0 Å². The van der Waals surface area contributed by atoms with Gasteiger partial charge in [0.1, 0.15) is 5.65 Å². The van der Waals surface area contributed by atoms with Crippen molar-refractivity contribution in [1.29, 1.82) is 5.26 Å². The van der Waals surface area contributed by atoms with E-state index in [0.29, 0.717) is 6.42 Å². The molecule has 4 rings (SSSR count). The molecule has 3 heterocycles. The molecule has 0 aliphatic carbocycles. The Kier molecular flexibility index (Phi) is 3.77. The zero-order valence-corrected chi connectivity index (χ0v) is 13.3. The molecule has 1 fully saturated rings. The van der Waals surface area contributed by atoms with E-state index < -0.39 is 0 Å². The van der Waals surface area contributed by atoms with Crippen molar-refractivity contribution >= 4 is 5.65 Å². The summed E-state index contributed by atoms with van der Waals surface area (Å²) in [6.07, 6.45) is 2.09. The molecule has 1 aromatic carbocycles. The molecule has 0 amide bonds. The third-order valence-corrected chi connectivity index (χ3v) is 4.39. The van der Waals surface area contributed by atoms with Crippen molar-refractivity contribution in [2.24, 2.45) is 0 Å². The number of aromatic nitrogens is 2. The van der Waals surface area contributed by atoms with Gasteiger partial charge < -0.3 is 5.11 Å². The fourth-order valence-electron chi connectivity index (χ4n) is 3.30. The van der Waals surface area contributed by atoms with Gasteiger partial charge in [-0.2, -0.15) is 5.26 Å². The number of hydrogen-bond acceptors (Lipinski definition) is 4. The van der Waals surface area contributed by atoms with Crippen molar-refractivity contribution in [3.05, 3.63) is 59.9 Å². The SMILES string of the molecule is N#CCc1nc2ccccn2c1-c1cccc(CN2CC(O)C2)c1. The highest BCUT2D eigenvalue weighted by molar-refractivity contribution is 5.68. The first-order chi connectivity index (χ1) is 11.7. The molecule has 1 aliphatic heterocycles. The number of hydrogen-bond donors (Lipinski definition) is 1. The van der Waals surface area contributed by atoms with Crippen molar-refractivity contribution in [2.75, 3.05) is 13.1 Å². The minimum atomic E-state index is -0.186. The fraction of sp³-hybridized carbons (Fsp3) is 0.263. The molecule has 0 saturated carbocycles. The van der Waals surface area contributed by atoms with Crippen LogP contribution in [0.25, 0.3) is 16.9 Å². The zero-order valence-electron chi connectivity index (χ0n) is 13.3. The second-order valence-corrected chi connectivity index (χ2v) is 6.22. The molecule has 0 bridgehead atoms. The molecule has 0 atom stereocenters. The maximum absolute atomic E-state index is 9.43. The van der Waals surface area contributed by atoms with Crippen LogP contribution in [0, 0.1) is 11.3 Å². The molecular weight excluding hydrogens is 300 g/mol. The van der Waals surface area contributed by atoms with Crippen molar-refractivity contribution in [1.82, 2.24) is 14.3 Å². The predicted octanol–water partition coefficient (Wildman–Crippen LogP) is 2.24. The third kappa shape index (κ3) is 2.67. The molecule has 5 nitrogen and oxygen atoms in total. The Morgan fingerprint density at radius 3 is 2.88 bits per heavy atom. The van der Waals surface area contributed by atoms with Crippen molar-refractivity contribution < 1.29 is 5.11 Å². The van der Waals surface area contributed by atoms with E-state index in [1.165, 1.54) is 5.56 Å². The summed E-state index contributed by atoms with van der Waals surface area (Å²) in [6, 6.07) is 16.4. The highest BCUT2D eigenvalue weighted by Gasteiger charge is 2.24. The molecule has 24 heavy (non-hydrogen) atoms. The summed E-state index contributed by atoms with van der Waals surface area (Å²) in [5.41, 5.74) is 4.91. The fourth-order valence-corrected chi connectivity index (χ4v) is 3.30. The highest BCUT2D eigenvalue weighted by Crippen LogP contribution is 2.27. The topological polar surface area (TPSA) is 64.6 Å². The van der Waals surface area contributed by atoms with E-state index in [1.54, 1.807) is 0 Å². The quantitative estimate of drug-likeness (QED) is 0.801. The lowest BCUT2D eigenvalue weighted by molar-refractivity contribution is -0.00285. The van der Waals surface area contributed by atoms with E-state index in [-0.39, 0.29) is 6.10 Å². The maximum atomic E-state index is 9.43. The standard InChI is InChI=1S/C19H18N4O/c20-8-7-17-19(23-9-2-1-6-18(23)21-17)15-5-3-4-14(10-15)11-22-12-16(24)13-22/h1-6,9-10,16,24H,7,11-13H2. The van der Waals surface area contributed by atoms with Crippen LogP contribution in [-0.2, 0) is 13.0 Å². The van der Waals surface area contributed by atoms with Gasteiger partial charge in [0.05, 0.1) is 30.0 Å². The van der Waals surface area contributed by atoms with Crippen LogP contribution in [0.4, 0.5) is 0 Å². The minimum absolute atomic E-state index is 0.186. The van der Waals surface area contributed by atoms with Crippen LogP contribution in [-0.4, -0.2) is 38.6 Å². The Bertz CT molecular complexity index is 919. The van der Waals surface area contributed by atoms with Crippen molar-refractivity contribution in [3.63, 3.8) is 0 Å². The Morgan fingerprint density at radius 1 is 1.21 bits per heavy atom. The monoisotopic (exact) mass is 318 g/mol. The van der Waals surface area contributed by atoms with Gasteiger partial charge in [-0.3, -0.25) is 9.30 Å². The minimum Gasteiger partial charge on any atom is -0.390 e. The summed E-state index contributed by atoms with van der Waals surface area (Å²) in [5, 5.41) is 18.6. The molecule has 1 saturated heterocycles. The first kappa shape index (κ1) is 14.9. The molecule has 2 aromatic heterocycles. The average molecular weight is 318 g/mol. The van der Waals surface area contributed by atoms with Gasteiger partial charge in [-0.1, -0.05) is 24.3 Å². The zero-order chi connectivity index (χ0) is 16.5. The number of nitrogens with zero attached hydrogens (tertiary/aromatic N) is 4. The van der Waals surface area contributed by atoms with E-state index in [0.717, 1.165) is 42.2 Å². The van der Waals surface area contributed by atoms with Crippen LogP contribution in [0.3, 0.4) is 0 Å². The molecule has 5 heteroatoms. The summed E-state index contributed by atoms with van der Waals surface area (Å²) in [6.45, 7) is 2.30. The number of imidazole rings is 1. The van der Waals surface area contributed by atoms with E-state index in [1.807, 2.05) is 34.9 Å². The van der Waals surface area contributed by atoms with E-state index >= 15 is 0 Å². The van der Waals surface area contributed by atoms with Crippen LogP contribution in [0.15, 0.2) is 48.7 Å². The van der Waals surface area contributed by atoms with Gasteiger partial charge >= 0.3 is 0 Å². The number of β-amino-alcohol motifs (C(OH)–C–C–N with tert-alkyl or cyclic N) is 1. The molecule has 0 radical (unpaired) electrons. The van der Waals surface area contributed by atoms with E-state index in [2.05, 4.69) is 34.2 Å². The average Bonchev–Trinajstić information content (AvgIpc) is 2.92. The molecule has 1 N–H and O–H groups in total. The van der Waals surface area contributed by atoms with Gasteiger partial charge in [-0.15, -0.1) is 0 Å². The first-order valence-corrected chi connectivity index (χ1v) is 8.07. The van der Waals surface area contributed by atoms with Gasteiger partial charge in [-0.05, 0) is 23.8 Å². The molecule has 3 aromatic rings. The summed E-state index contributed by atoms with van der Waals surface area (Å²) in [4.78, 5) is 6.82. The van der Waals surface area contributed by atoms with Crippen LogP contribution in [0.1, 0.15) is 11.3 Å². The molecule has 0 spiro atoms. The number of aliphatic hydroxyl groups is 1. The van der Waals surface area contributed by atoms with Gasteiger partial charge in [0, 0.05) is 31.4 Å². The van der Waals surface area contributed by atoms with Crippen LogP contribution < -0.4 is 0 Å². The van der Waals surface area contributed by atoms with E-state index in [4.69, 9.17) is 5.26 Å². The number of pyridine rings is 1. The van der Waals surface area contributed by atoms with Gasteiger partial charge in [-0.25, -0.2) is 4.98 Å². The first-order valence-electron chi connectivity index (χ1n) is 8.07. The smallest absolute Gasteiger partial charge is 0.137 e. The lowest BCUT2D eigenvalue weighted by Gasteiger charge is -2.35. The Morgan fingerprint density at radius 2 is 2.08 bits per heavy atom.